The molecule has 0 amide bonds. The van der Waals surface area contributed by atoms with Gasteiger partial charge < -0.3 is 9.13 Å². The third-order valence-corrected chi connectivity index (χ3v) is 7.75. The zero-order valence-corrected chi connectivity index (χ0v) is 21.5. The molecule has 0 aliphatic carbocycles. The maximum absolute atomic E-state index is 7.49. The summed E-state index contributed by atoms with van der Waals surface area (Å²) in [6.45, 7) is 7.49. The predicted molar refractivity (Wildman–Crippen MR) is 165 cm³/mol. The van der Waals surface area contributed by atoms with Gasteiger partial charge in [0.05, 0.1) is 34.2 Å². The summed E-state index contributed by atoms with van der Waals surface area (Å²) in [4.78, 5) is 8.36. The highest BCUT2D eigenvalue weighted by Gasteiger charge is 2.15. The summed E-state index contributed by atoms with van der Waals surface area (Å²) < 4.78 is 4.59. The van der Waals surface area contributed by atoms with Crippen LogP contribution in [0.2, 0.25) is 0 Å². The van der Waals surface area contributed by atoms with E-state index in [1.54, 1.807) is 0 Å². The first-order valence-electron chi connectivity index (χ1n) is 13.3. The first kappa shape index (κ1) is 22.3. The fourth-order valence-electron chi connectivity index (χ4n) is 6.02. The third-order valence-electron chi connectivity index (χ3n) is 7.75. The number of aromatic nitrogens is 3. The Balaban J connectivity index is 1.31. The highest BCUT2D eigenvalue weighted by Crippen LogP contribution is 2.36. The van der Waals surface area contributed by atoms with E-state index < -0.39 is 0 Å². The molecule has 0 spiro atoms. The van der Waals surface area contributed by atoms with Gasteiger partial charge in [-0.2, -0.15) is 0 Å². The van der Waals surface area contributed by atoms with E-state index in [0.29, 0.717) is 5.69 Å². The highest BCUT2D eigenvalue weighted by atomic mass is 15.0. The van der Waals surface area contributed by atoms with E-state index in [9.17, 15) is 0 Å². The number of pyridine rings is 1. The van der Waals surface area contributed by atoms with Gasteiger partial charge in [0.1, 0.15) is 0 Å². The Kier molecular flexibility index (Phi) is 4.85. The van der Waals surface area contributed by atoms with Gasteiger partial charge >= 0.3 is 0 Å². The second-order valence-corrected chi connectivity index (χ2v) is 9.99. The lowest BCUT2D eigenvalue weighted by atomic mass is 10.0. The molecule has 0 unspecified atom stereocenters. The molecule has 0 aliphatic rings. The van der Waals surface area contributed by atoms with Gasteiger partial charge in [-0.25, -0.2) is 4.85 Å². The fraction of sp³-hybridized carbons (Fsp3) is 0. The van der Waals surface area contributed by atoms with Crippen LogP contribution in [0.15, 0.2) is 134 Å². The first-order valence-corrected chi connectivity index (χ1v) is 13.3. The normalized spacial score (nSPS) is 11.5. The molecule has 8 rings (SSSR count). The largest absolute Gasteiger partial charge is 0.309 e. The number of rotatable bonds is 3. The summed E-state index contributed by atoms with van der Waals surface area (Å²) in [5.74, 6) is 0. The SMILES string of the molecule is [C-]#[N+]c1ccc2c(c1)c1ccccc1n2-c1cccc(-c2cccc(-n3c4ccccc4c4ncccc43)c2)c1. The molecule has 4 heteroatoms. The van der Waals surface area contributed by atoms with Crippen LogP contribution in [0.3, 0.4) is 0 Å². The van der Waals surface area contributed by atoms with Crippen molar-refractivity contribution in [1.82, 2.24) is 14.1 Å². The average Bonchev–Trinajstić information content (AvgIpc) is 3.54. The molecule has 0 fully saturated rings. The van der Waals surface area contributed by atoms with Gasteiger partial charge in [0, 0.05) is 28.3 Å². The standard InChI is InChI=1S/C36H22N4/c1-37-26-18-19-34-31(23-26)29-13-2-4-15-32(29)39(34)27-11-6-9-24(21-27)25-10-7-12-28(22-25)40-33-16-5-3-14-30(33)36-35(40)17-8-20-38-36/h2-23H. The zero-order valence-electron chi connectivity index (χ0n) is 21.5. The van der Waals surface area contributed by atoms with Crippen molar-refractivity contribution in [1.29, 1.82) is 0 Å². The van der Waals surface area contributed by atoms with E-state index in [4.69, 9.17) is 11.6 Å². The van der Waals surface area contributed by atoms with Crippen LogP contribution in [-0.2, 0) is 0 Å². The van der Waals surface area contributed by atoms with Gasteiger partial charge in [-0.1, -0.05) is 66.7 Å². The van der Waals surface area contributed by atoms with Gasteiger partial charge in [-0.15, -0.1) is 0 Å². The van der Waals surface area contributed by atoms with E-state index in [0.717, 1.165) is 66.2 Å². The van der Waals surface area contributed by atoms with Crippen LogP contribution in [0.5, 0.6) is 0 Å². The topological polar surface area (TPSA) is 27.1 Å². The van der Waals surface area contributed by atoms with Crippen molar-refractivity contribution >= 4 is 49.4 Å². The Labute approximate surface area is 230 Å². The van der Waals surface area contributed by atoms with Crippen LogP contribution in [-0.4, -0.2) is 14.1 Å². The monoisotopic (exact) mass is 510 g/mol. The van der Waals surface area contributed by atoms with E-state index in [-0.39, 0.29) is 0 Å². The molecule has 8 aromatic rings. The van der Waals surface area contributed by atoms with E-state index >= 15 is 0 Å². The van der Waals surface area contributed by atoms with Gasteiger partial charge in [0.25, 0.3) is 0 Å². The predicted octanol–water partition coefficient (Wildman–Crippen LogP) is 9.49. The molecular formula is C36H22N4. The van der Waals surface area contributed by atoms with Crippen LogP contribution >= 0.6 is 0 Å². The minimum Gasteiger partial charge on any atom is -0.309 e. The molecule has 0 N–H and O–H groups in total. The Hall–Kier alpha value is -5.66. The molecule has 0 saturated heterocycles. The number of para-hydroxylation sites is 2. The average molecular weight is 511 g/mol. The van der Waals surface area contributed by atoms with Crippen molar-refractivity contribution in [3.05, 3.63) is 145 Å². The molecule has 0 aliphatic heterocycles. The summed E-state index contributed by atoms with van der Waals surface area (Å²) in [5.41, 5.74) is 10.6. The number of benzene rings is 5. The quantitative estimate of drug-likeness (QED) is 0.217. The summed E-state index contributed by atoms with van der Waals surface area (Å²) in [6.07, 6.45) is 1.86. The Morgan fingerprint density at radius 3 is 1.82 bits per heavy atom. The minimum atomic E-state index is 0.654. The van der Waals surface area contributed by atoms with Crippen LogP contribution in [0.1, 0.15) is 0 Å². The van der Waals surface area contributed by atoms with Crippen LogP contribution in [0.25, 0.3) is 71.1 Å². The maximum atomic E-state index is 7.49. The van der Waals surface area contributed by atoms with Gasteiger partial charge in [0.2, 0.25) is 0 Å². The minimum absolute atomic E-state index is 0.654. The van der Waals surface area contributed by atoms with Crippen LogP contribution in [0, 0.1) is 6.57 Å². The molecule has 0 atom stereocenters. The molecule has 0 radical (unpaired) electrons. The van der Waals surface area contributed by atoms with E-state index in [2.05, 4.69) is 123 Å². The number of hydrogen-bond acceptors (Lipinski definition) is 1. The number of nitrogens with zero attached hydrogens (tertiary/aromatic N) is 4. The van der Waals surface area contributed by atoms with Crippen molar-refractivity contribution < 1.29 is 0 Å². The highest BCUT2D eigenvalue weighted by molar-refractivity contribution is 6.10. The molecule has 40 heavy (non-hydrogen) atoms. The van der Waals surface area contributed by atoms with E-state index in [1.165, 1.54) is 0 Å². The molecule has 4 nitrogen and oxygen atoms in total. The molecule has 5 aromatic carbocycles. The number of hydrogen-bond donors (Lipinski definition) is 0. The van der Waals surface area contributed by atoms with Crippen molar-refractivity contribution in [2.75, 3.05) is 0 Å². The fourth-order valence-corrected chi connectivity index (χ4v) is 6.02. The third kappa shape index (κ3) is 3.28. The zero-order chi connectivity index (χ0) is 26.6. The Morgan fingerprint density at radius 1 is 0.500 bits per heavy atom. The van der Waals surface area contributed by atoms with Crippen LogP contribution in [0.4, 0.5) is 5.69 Å². The van der Waals surface area contributed by atoms with Gasteiger partial charge in [-0.3, -0.25) is 4.98 Å². The van der Waals surface area contributed by atoms with Crippen molar-refractivity contribution in [3.8, 4) is 22.5 Å². The molecule has 186 valence electrons. The van der Waals surface area contributed by atoms with E-state index in [1.807, 2.05) is 24.4 Å². The van der Waals surface area contributed by atoms with Gasteiger partial charge in [0.15, 0.2) is 5.69 Å². The Bertz CT molecular complexity index is 2240. The molecule has 0 saturated carbocycles. The number of fused-ring (bicyclic) bond motifs is 6. The van der Waals surface area contributed by atoms with Crippen LogP contribution < -0.4 is 0 Å². The molecule has 3 heterocycles. The smallest absolute Gasteiger partial charge is 0.188 e. The molecule has 0 bridgehead atoms. The van der Waals surface area contributed by atoms with Crippen molar-refractivity contribution in [2.24, 2.45) is 0 Å². The molecule has 3 aromatic heterocycles. The Morgan fingerprint density at radius 2 is 1.10 bits per heavy atom. The lowest BCUT2D eigenvalue weighted by molar-refractivity contribution is 1.17. The second-order valence-electron chi connectivity index (χ2n) is 9.99. The summed E-state index contributed by atoms with van der Waals surface area (Å²) in [5, 5.41) is 3.39. The van der Waals surface area contributed by atoms with Crippen molar-refractivity contribution in [2.45, 2.75) is 0 Å². The maximum Gasteiger partial charge on any atom is 0.188 e. The summed E-state index contributed by atoms with van der Waals surface area (Å²) >= 11 is 0. The summed E-state index contributed by atoms with van der Waals surface area (Å²) in [7, 11) is 0. The molecular weight excluding hydrogens is 488 g/mol. The lowest BCUT2D eigenvalue weighted by Gasteiger charge is -2.12. The summed E-state index contributed by atoms with van der Waals surface area (Å²) in [6, 6.07) is 44.4. The first-order chi connectivity index (χ1) is 19.8. The van der Waals surface area contributed by atoms with Gasteiger partial charge in [-0.05, 0) is 77.2 Å². The second kappa shape index (κ2) is 8.69. The van der Waals surface area contributed by atoms with Crippen molar-refractivity contribution in [3.63, 3.8) is 0 Å². The lowest BCUT2D eigenvalue weighted by Crippen LogP contribution is -1.96.